The van der Waals surface area contributed by atoms with Crippen molar-refractivity contribution >= 4 is 11.8 Å². The minimum absolute atomic E-state index is 0.108. The second-order valence-electron chi connectivity index (χ2n) is 7.27. The van der Waals surface area contributed by atoms with Crippen LogP contribution in [-0.4, -0.2) is 50.3 Å². The Labute approximate surface area is 151 Å². The van der Waals surface area contributed by atoms with E-state index in [0.717, 1.165) is 31.2 Å². The first kappa shape index (κ1) is 16.8. The van der Waals surface area contributed by atoms with Crippen LogP contribution in [-0.2, 0) is 11.3 Å². The second kappa shape index (κ2) is 6.93. The van der Waals surface area contributed by atoms with Gasteiger partial charge in [-0.3, -0.25) is 9.59 Å². The molecule has 0 saturated carbocycles. The number of nitrogens with one attached hydrogen (secondary N) is 1. The molecule has 8 heteroatoms. The van der Waals surface area contributed by atoms with E-state index in [9.17, 15) is 9.59 Å². The van der Waals surface area contributed by atoms with Crippen molar-refractivity contribution in [3.63, 3.8) is 0 Å². The van der Waals surface area contributed by atoms with Crippen molar-refractivity contribution in [1.82, 2.24) is 25.2 Å². The lowest BCUT2D eigenvalue weighted by molar-refractivity contribution is -0.137. The Morgan fingerprint density at radius 1 is 1.31 bits per heavy atom. The summed E-state index contributed by atoms with van der Waals surface area (Å²) in [5.74, 6) is 0.719. The SMILES string of the molecule is Cc1ccoc1C(=O)NCC1C[C@H]2CC[C@@H](C1)N2C(=O)Cn1ccnn1. The number of amides is 2. The Hall–Kier alpha value is -2.64. The number of carbonyl (C=O) groups excluding carboxylic acids is 2. The number of fused-ring (bicyclic) bond motifs is 2. The van der Waals surface area contributed by atoms with Crippen LogP contribution in [0.1, 0.15) is 41.8 Å². The fourth-order valence-electron chi connectivity index (χ4n) is 4.32. The topological polar surface area (TPSA) is 93.3 Å². The maximum atomic E-state index is 12.6. The van der Waals surface area contributed by atoms with Crippen LogP contribution < -0.4 is 5.32 Å². The summed E-state index contributed by atoms with van der Waals surface area (Å²) in [4.78, 5) is 26.9. The van der Waals surface area contributed by atoms with Crippen molar-refractivity contribution in [2.24, 2.45) is 5.92 Å². The predicted molar refractivity (Wildman–Crippen MR) is 92.2 cm³/mol. The summed E-state index contributed by atoms with van der Waals surface area (Å²) in [7, 11) is 0. The Morgan fingerprint density at radius 3 is 2.69 bits per heavy atom. The third-order valence-electron chi connectivity index (χ3n) is 5.51. The monoisotopic (exact) mass is 357 g/mol. The zero-order chi connectivity index (χ0) is 18.1. The van der Waals surface area contributed by atoms with Crippen LogP contribution in [0.2, 0.25) is 0 Å². The van der Waals surface area contributed by atoms with E-state index in [-0.39, 0.29) is 30.4 Å². The molecule has 2 aliphatic heterocycles. The fourth-order valence-corrected chi connectivity index (χ4v) is 4.32. The van der Waals surface area contributed by atoms with Crippen molar-refractivity contribution in [3.8, 4) is 0 Å². The zero-order valence-corrected chi connectivity index (χ0v) is 14.8. The molecule has 2 saturated heterocycles. The average Bonchev–Trinajstić information content (AvgIpc) is 3.33. The zero-order valence-electron chi connectivity index (χ0n) is 14.8. The van der Waals surface area contributed by atoms with Crippen LogP contribution in [0.3, 0.4) is 0 Å². The van der Waals surface area contributed by atoms with Crippen molar-refractivity contribution < 1.29 is 14.0 Å². The molecule has 1 N–H and O–H groups in total. The van der Waals surface area contributed by atoms with E-state index in [4.69, 9.17) is 4.42 Å². The molecule has 2 aliphatic rings. The van der Waals surface area contributed by atoms with E-state index in [2.05, 4.69) is 15.6 Å². The lowest BCUT2D eigenvalue weighted by atomic mass is 9.90. The number of piperidine rings is 1. The van der Waals surface area contributed by atoms with Gasteiger partial charge in [-0.2, -0.15) is 0 Å². The van der Waals surface area contributed by atoms with Crippen molar-refractivity contribution in [2.45, 2.75) is 51.2 Å². The summed E-state index contributed by atoms with van der Waals surface area (Å²) >= 11 is 0. The number of hydrogen-bond donors (Lipinski definition) is 1. The Balaban J connectivity index is 1.32. The van der Waals surface area contributed by atoms with Gasteiger partial charge < -0.3 is 14.6 Å². The molecule has 8 nitrogen and oxygen atoms in total. The van der Waals surface area contributed by atoms with E-state index in [1.54, 1.807) is 23.1 Å². The van der Waals surface area contributed by atoms with Crippen LogP contribution in [0.4, 0.5) is 0 Å². The van der Waals surface area contributed by atoms with E-state index < -0.39 is 0 Å². The molecule has 4 rings (SSSR count). The normalized spacial score (nSPS) is 24.7. The van der Waals surface area contributed by atoms with Gasteiger partial charge >= 0.3 is 0 Å². The number of rotatable bonds is 5. The van der Waals surface area contributed by atoms with Gasteiger partial charge in [-0.05, 0) is 44.6 Å². The molecule has 2 aromatic rings. The van der Waals surface area contributed by atoms with Crippen LogP contribution in [0.15, 0.2) is 29.1 Å². The minimum atomic E-state index is -0.162. The maximum Gasteiger partial charge on any atom is 0.287 e. The molecular formula is C18H23N5O3. The number of carbonyl (C=O) groups is 2. The van der Waals surface area contributed by atoms with Crippen molar-refractivity contribution in [3.05, 3.63) is 36.0 Å². The predicted octanol–water partition coefficient (Wildman–Crippen LogP) is 1.38. The van der Waals surface area contributed by atoms with Crippen molar-refractivity contribution in [2.75, 3.05) is 6.54 Å². The Bertz CT molecular complexity index is 771. The molecule has 0 spiro atoms. The highest BCUT2D eigenvalue weighted by Crippen LogP contribution is 2.38. The molecule has 2 fully saturated rings. The molecule has 2 aromatic heterocycles. The summed E-state index contributed by atoms with van der Waals surface area (Å²) in [6.45, 7) is 2.72. The van der Waals surface area contributed by atoms with Crippen LogP contribution in [0.25, 0.3) is 0 Å². The van der Waals surface area contributed by atoms with Gasteiger partial charge in [0.2, 0.25) is 5.91 Å². The van der Waals surface area contributed by atoms with Gasteiger partial charge in [-0.1, -0.05) is 5.21 Å². The molecule has 0 aromatic carbocycles. The summed E-state index contributed by atoms with van der Waals surface area (Å²) in [6.07, 6.45) is 8.75. The molecule has 0 aliphatic carbocycles. The van der Waals surface area contributed by atoms with Crippen molar-refractivity contribution in [1.29, 1.82) is 0 Å². The Morgan fingerprint density at radius 2 is 2.08 bits per heavy atom. The lowest BCUT2D eigenvalue weighted by Crippen LogP contribution is -2.49. The van der Waals surface area contributed by atoms with Crippen LogP contribution >= 0.6 is 0 Å². The van der Waals surface area contributed by atoms with Gasteiger partial charge in [0.1, 0.15) is 6.54 Å². The van der Waals surface area contributed by atoms with Gasteiger partial charge in [0.25, 0.3) is 5.91 Å². The highest BCUT2D eigenvalue weighted by molar-refractivity contribution is 5.92. The molecule has 4 heterocycles. The van der Waals surface area contributed by atoms with Crippen LogP contribution in [0.5, 0.6) is 0 Å². The number of nitrogens with zero attached hydrogens (tertiary/aromatic N) is 4. The van der Waals surface area contributed by atoms with E-state index in [1.165, 1.54) is 6.26 Å². The fraction of sp³-hybridized carbons (Fsp3) is 0.556. The standard InChI is InChI=1S/C18H23N5O3/c1-12-4-7-26-17(12)18(25)19-10-13-8-14-2-3-15(9-13)23(14)16(24)11-22-6-5-20-21-22/h4-7,13-15H,2-3,8-11H2,1H3,(H,19,25)/t13?,14-,15+. The number of hydrogen-bond acceptors (Lipinski definition) is 5. The van der Waals surface area contributed by atoms with Gasteiger partial charge in [0.05, 0.1) is 12.5 Å². The smallest absolute Gasteiger partial charge is 0.287 e. The molecule has 26 heavy (non-hydrogen) atoms. The highest BCUT2D eigenvalue weighted by Gasteiger charge is 2.43. The third-order valence-corrected chi connectivity index (χ3v) is 5.51. The number of aromatic nitrogens is 3. The van der Waals surface area contributed by atoms with Gasteiger partial charge in [-0.15, -0.1) is 5.10 Å². The molecule has 3 atom stereocenters. The van der Waals surface area contributed by atoms with Gasteiger partial charge in [-0.25, -0.2) is 4.68 Å². The molecular weight excluding hydrogens is 334 g/mol. The van der Waals surface area contributed by atoms with Crippen LogP contribution in [0, 0.1) is 12.8 Å². The first-order valence-corrected chi connectivity index (χ1v) is 9.09. The second-order valence-corrected chi connectivity index (χ2v) is 7.27. The quantitative estimate of drug-likeness (QED) is 0.872. The molecule has 1 unspecified atom stereocenters. The molecule has 2 bridgehead atoms. The summed E-state index contributed by atoms with van der Waals surface area (Å²) < 4.78 is 6.81. The largest absolute Gasteiger partial charge is 0.459 e. The molecule has 0 radical (unpaired) electrons. The van der Waals surface area contributed by atoms with E-state index >= 15 is 0 Å². The minimum Gasteiger partial charge on any atom is -0.459 e. The molecule has 2 amide bonds. The highest BCUT2D eigenvalue weighted by atomic mass is 16.3. The summed E-state index contributed by atoms with van der Waals surface area (Å²) in [5.41, 5.74) is 0.844. The van der Waals surface area contributed by atoms with E-state index in [0.29, 0.717) is 18.2 Å². The Kier molecular flexibility index (Phi) is 4.48. The summed E-state index contributed by atoms with van der Waals surface area (Å²) in [6, 6.07) is 2.31. The number of aryl methyl sites for hydroxylation is 1. The average molecular weight is 357 g/mol. The lowest BCUT2D eigenvalue weighted by Gasteiger charge is -2.39. The van der Waals surface area contributed by atoms with Gasteiger partial charge in [0.15, 0.2) is 5.76 Å². The molecule has 138 valence electrons. The number of furan rings is 1. The third kappa shape index (κ3) is 3.23. The van der Waals surface area contributed by atoms with E-state index in [1.807, 2.05) is 11.8 Å². The first-order valence-electron chi connectivity index (χ1n) is 9.09. The summed E-state index contributed by atoms with van der Waals surface area (Å²) in [5, 5.41) is 10.6. The first-order chi connectivity index (χ1) is 12.6. The maximum absolute atomic E-state index is 12.6. The van der Waals surface area contributed by atoms with Gasteiger partial charge in [0, 0.05) is 30.4 Å².